The maximum atomic E-state index is 12.2. The van der Waals surface area contributed by atoms with Gasteiger partial charge >= 0.3 is 5.97 Å². The van der Waals surface area contributed by atoms with E-state index in [9.17, 15) is 9.59 Å². The Bertz CT molecular complexity index is 755. The molecule has 0 aliphatic rings. The lowest BCUT2D eigenvalue weighted by Gasteiger charge is -2.14. The van der Waals surface area contributed by atoms with Crippen LogP contribution in [0.2, 0.25) is 0 Å². The molecule has 0 unspecified atom stereocenters. The number of carbonyl (C=O) groups is 2. The van der Waals surface area contributed by atoms with Crippen molar-refractivity contribution in [1.29, 1.82) is 0 Å². The second kappa shape index (κ2) is 10.2. The van der Waals surface area contributed by atoms with Gasteiger partial charge in [0.05, 0.1) is 12.5 Å². The summed E-state index contributed by atoms with van der Waals surface area (Å²) in [6.07, 6.45) is 0.997. The number of amides is 1. The number of hydrogen-bond acceptors (Lipinski definition) is 4. The fourth-order valence-corrected chi connectivity index (χ4v) is 2.50. The molecule has 0 aliphatic heterocycles. The topological polar surface area (TPSA) is 84.9 Å². The van der Waals surface area contributed by atoms with E-state index < -0.39 is 5.97 Å². The molecule has 2 aromatic carbocycles. The van der Waals surface area contributed by atoms with Gasteiger partial charge in [-0.1, -0.05) is 30.3 Å². The molecule has 0 radical (unpaired) electrons. The third kappa shape index (κ3) is 7.40. The zero-order valence-corrected chi connectivity index (χ0v) is 15.6. The van der Waals surface area contributed by atoms with Crippen molar-refractivity contribution in [2.45, 2.75) is 32.8 Å². The number of carbonyl (C=O) groups excluding carboxylic acids is 1. The molecule has 0 saturated heterocycles. The quantitative estimate of drug-likeness (QED) is 0.671. The first-order valence-electron chi connectivity index (χ1n) is 8.89. The smallest absolute Gasteiger partial charge is 0.341 e. The van der Waals surface area contributed by atoms with E-state index in [0.29, 0.717) is 18.7 Å². The van der Waals surface area contributed by atoms with Gasteiger partial charge in [0.15, 0.2) is 6.61 Å². The van der Waals surface area contributed by atoms with Crippen molar-refractivity contribution in [2.75, 3.05) is 13.2 Å². The Kier molecular flexibility index (Phi) is 7.67. The van der Waals surface area contributed by atoms with E-state index in [4.69, 9.17) is 14.6 Å². The summed E-state index contributed by atoms with van der Waals surface area (Å²) < 4.78 is 10.8. The van der Waals surface area contributed by atoms with Crippen LogP contribution in [0.15, 0.2) is 48.5 Å². The highest BCUT2D eigenvalue weighted by molar-refractivity contribution is 5.79. The molecule has 6 nitrogen and oxygen atoms in total. The molecule has 2 aromatic rings. The van der Waals surface area contributed by atoms with E-state index in [0.717, 1.165) is 16.9 Å². The number of rotatable bonds is 10. The first-order chi connectivity index (χ1) is 12.9. The lowest BCUT2D eigenvalue weighted by molar-refractivity contribution is -0.139. The molecular formula is C21H25NO5. The van der Waals surface area contributed by atoms with Crippen LogP contribution in [0, 0.1) is 0 Å². The van der Waals surface area contributed by atoms with Crippen LogP contribution < -0.4 is 14.8 Å². The average molecular weight is 371 g/mol. The standard InChI is InChI=1S/C21H25NO5/c1-15(2)27-19-6-4-3-5-17(19)13-20(23)22-12-11-16-7-9-18(10-8-16)26-14-21(24)25/h3-10,15H,11-14H2,1-2H3,(H,22,23)(H,24,25). The number of nitrogens with one attached hydrogen (secondary N) is 1. The lowest BCUT2D eigenvalue weighted by atomic mass is 10.1. The molecule has 27 heavy (non-hydrogen) atoms. The maximum absolute atomic E-state index is 12.2. The number of para-hydroxylation sites is 1. The zero-order valence-electron chi connectivity index (χ0n) is 15.6. The number of carboxylic acids is 1. The molecule has 0 aliphatic carbocycles. The van der Waals surface area contributed by atoms with Gasteiger partial charge in [0.1, 0.15) is 11.5 Å². The molecule has 0 saturated carbocycles. The number of hydrogen-bond donors (Lipinski definition) is 2. The first-order valence-corrected chi connectivity index (χ1v) is 8.89. The van der Waals surface area contributed by atoms with E-state index in [1.165, 1.54) is 0 Å². The Morgan fingerprint density at radius 1 is 1.07 bits per heavy atom. The van der Waals surface area contributed by atoms with E-state index in [1.807, 2.05) is 50.2 Å². The molecule has 0 bridgehead atoms. The van der Waals surface area contributed by atoms with Crippen LogP contribution in [0.5, 0.6) is 11.5 Å². The highest BCUT2D eigenvalue weighted by Crippen LogP contribution is 2.20. The normalized spacial score (nSPS) is 10.5. The number of aliphatic carboxylic acids is 1. The Morgan fingerprint density at radius 2 is 1.78 bits per heavy atom. The van der Waals surface area contributed by atoms with Crippen LogP contribution in [0.25, 0.3) is 0 Å². The third-order valence-electron chi connectivity index (χ3n) is 3.71. The Balaban J connectivity index is 1.79. The summed E-state index contributed by atoms with van der Waals surface area (Å²) in [7, 11) is 0. The molecule has 1 amide bonds. The van der Waals surface area contributed by atoms with Gasteiger partial charge in [0.25, 0.3) is 0 Å². The minimum Gasteiger partial charge on any atom is -0.491 e. The number of ether oxygens (including phenoxy) is 2. The predicted molar refractivity (Wildman–Crippen MR) is 102 cm³/mol. The van der Waals surface area contributed by atoms with Gasteiger partial charge in [0, 0.05) is 12.1 Å². The molecule has 0 aromatic heterocycles. The summed E-state index contributed by atoms with van der Waals surface area (Å²) in [5.41, 5.74) is 1.89. The van der Waals surface area contributed by atoms with Crippen LogP contribution in [-0.4, -0.2) is 36.2 Å². The third-order valence-corrected chi connectivity index (χ3v) is 3.71. The van der Waals surface area contributed by atoms with Crippen LogP contribution in [-0.2, 0) is 22.4 Å². The Morgan fingerprint density at radius 3 is 2.44 bits per heavy atom. The van der Waals surface area contributed by atoms with Gasteiger partial charge in [-0.15, -0.1) is 0 Å². The highest BCUT2D eigenvalue weighted by atomic mass is 16.5. The fourth-order valence-electron chi connectivity index (χ4n) is 2.50. The van der Waals surface area contributed by atoms with Crippen molar-refractivity contribution < 1.29 is 24.2 Å². The molecule has 6 heteroatoms. The second-order valence-corrected chi connectivity index (χ2v) is 6.38. The van der Waals surface area contributed by atoms with Crippen molar-refractivity contribution >= 4 is 11.9 Å². The monoisotopic (exact) mass is 371 g/mol. The summed E-state index contributed by atoms with van der Waals surface area (Å²) in [4.78, 5) is 22.7. The molecule has 0 spiro atoms. The van der Waals surface area contributed by atoms with Crippen molar-refractivity contribution in [3.8, 4) is 11.5 Å². The molecule has 2 rings (SSSR count). The summed E-state index contributed by atoms with van der Waals surface area (Å²) in [6, 6.07) is 14.7. The van der Waals surface area contributed by atoms with E-state index in [-0.39, 0.29) is 25.0 Å². The van der Waals surface area contributed by atoms with Crippen molar-refractivity contribution in [2.24, 2.45) is 0 Å². The van der Waals surface area contributed by atoms with Crippen molar-refractivity contribution in [3.05, 3.63) is 59.7 Å². The summed E-state index contributed by atoms with van der Waals surface area (Å²) in [5.74, 6) is 0.171. The molecule has 0 fully saturated rings. The minimum absolute atomic E-state index is 0.0525. The molecule has 0 heterocycles. The van der Waals surface area contributed by atoms with Gasteiger partial charge in [0.2, 0.25) is 5.91 Å². The average Bonchev–Trinajstić information content (AvgIpc) is 2.62. The van der Waals surface area contributed by atoms with Crippen LogP contribution in [0.1, 0.15) is 25.0 Å². The largest absolute Gasteiger partial charge is 0.491 e. The Labute approximate surface area is 159 Å². The summed E-state index contributed by atoms with van der Waals surface area (Å²) in [6.45, 7) is 4.06. The molecule has 144 valence electrons. The van der Waals surface area contributed by atoms with Crippen LogP contribution in [0.3, 0.4) is 0 Å². The van der Waals surface area contributed by atoms with Gasteiger partial charge in [-0.3, -0.25) is 4.79 Å². The van der Waals surface area contributed by atoms with Gasteiger partial charge in [-0.05, 0) is 44.0 Å². The predicted octanol–water partition coefficient (Wildman–Crippen LogP) is 2.84. The van der Waals surface area contributed by atoms with E-state index >= 15 is 0 Å². The lowest BCUT2D eigenvalue weighted by Crippen LogP contribution is -2.27. The van der Waals surface area contributed by atoms with Gasteiger partial charge in [-0.2, -0.15) is 0 Å². The Hall–Kier alpha value is -3.02. The fraction of sp³-hybridized carbons (Fsp3) is 0.333. The van der Waals surface area contributed by atoms with Crippen LogP contribution in [0.4, 0.5) is 0 Å². The number of carboxylic acid groups (broad SMARTS) is 1. The van der Waals surface area contributed by atoms with Crippen LogP contribution >= 0.6 is 0 Å². The molecule has 0 atom stereocenters. The SMILES string of the molecule is CC(C)Oc1ccccc1CC(=O)NCCc1ccc(OCC(=O)O)cc1. The first kappa shape index (κ1) is 20.3. The zero-order chi connectivity index (χ0) is 19.6. The second-order valence-electron chi connectivity index (χ2n) is 6.38. The van der Waals surface area contributed by atoms with E-state index in [1.54, 1.807) is 12.1 Å². The van der Waals surface area contributed by atoms with Gasteiger partial charge < -0.3 is 19.9 Å². The summed E-state index contributed by atoms with van der Waals surface area (Å²) in [5, 5.41) is 11.5. The molecular weight excluding hydrogens is 346 g/mol. The number of benzene rings is 2. The van der Waals surface area contributed by atoms with Gasteiger partial charge in [-0.25, -0.2) is 4.79 Å². The maximum Gasteiger partial charge on any atom is 0.341 e. The van der Waals surface area contributed by atoms with Crippen molar-refractivity contribution in [1.82, 2.24) is 5.32 Å². The summed E-state index contributed by atoms with van der Waals surface area (Å²) >= 11 is 0. The van der Waals surface area contributed by atoms with Crippen molar-refractivity contribution in [3.63, 3.8) is 0 Å². The molecule has 2 N–H and O–H groups in total. The minimum atomic E-state index is -1.01. The van der Waals surface area contributed by atoms with E-state index in [2.05, 4.69) is 5.32 Å². The highest BCUT2D eigenvalue weighted by Gasteiger charge is 2.09.